The van der Waals surface area contributed by atoms with Crippen LogP contribution < -0.4 is 11.1 Å². The molecule has 1 aromatic rings. The number of anilines is 1. The smallest absolute Gasteiger partial charge is 0.352 e. The summed E-state index contributed by atoms with van der Waals surface area (Å²) < 4.78 is 8.81. The van der Waals surface area contributed by atoms with Gasteiger partial charge in [-0.05, 0) is 6.92 Å². The minimum atomic E-state index is -1.33. The van der Waals surface area contributed by atoms with Crippen LogP contribution in [0, 0.1) is 0 Å². The molecule has 2 amide bonds. The number of carbonyl (C=O) groups is 4. The van der Waals surface area contributed by atoms with Crippen LogP contribution in [-0.4, -0.2) is 79.2 Å². The molecule has 0 saturated carbocycles. The number of nitrogens with two attached hydrogens (primary N) is 1. The van der Waals surface area contributed by atoms with Crippen molar-refractivity contribution in [2.24, 2.45) is 5.16 Å². The molecule has 0 aliphatic carbocycles. The number of amides is 2. The number of carboxylic acids is 1. The van der Waals surface area contributed by atoms with Gasteiger partial charge in [0.15, 0.2) is 5.13 Å². The number of ether oxygens (including phenoxy) is 1. The maximum atomic E-state index is 12.7. The molecule has 2 aliphatic rings. The highest BCUT2D eigenvalue weighted by atomic mass is 32.2. The lowest BCUT2D eigenvalue weighted by atomic mass is 10.0. The van der Waals surface area contributed by atoms with Gasteiger partial charge in [-0.2, -0.15) is 9.36 Å². The van der Waals surface area contributed by atoms with Gasteiger partial charge in [0.2, 0.25) is 11.5 Å². The summed E-state index contributed by atoms with van der Waals surface area (Å²) in [6.07, 6.45) is 0. The van der Waals surface area contributed by atoms with Crippen molar-refractivity contribution in [1.29, 1.82) is 0 Å². The van der Waals surface area contributed by atoms with Gasteiger partial charge in [-0.25, -0.2) is 4.79 Å². The second-order valence-electron chi connectivity index (χ2n) is 6.21. The Bertz CT molecular complexity index is 991. The summed E-state index contributed by atoms with van der Waals surface area (Å²) in [4.78, 5) is 58.1. The highest BCUT2D eigenvalue weighted by molar-refractivity contribution is 8.00. The SMILES string of the molecule is CCON=C(C(=O)N[C@@H]1C(=O)N2C(C(=O)O)=C(COC(C)=O)CS[C@@H]12)c1nsc(N)n1. The van der Waals surface area contributed by atoms with E-state index in [-0.39, 0.29) is 41.3 Å². The van der Waals surface area contributed by atoms with Crippen LogP contribution in [-0.2, 0) is 28.8 Å². The van der Waals surface area contributed by atoms with Gasteiger partial charge in [0.1, 0.15) is 30.3 Å². The van der Waals surface area contributed by atoms with Crippen molar-refractivity contribution >= 4 is 57.9 Å². The highest BCUT2D eigenvalue weighted by Gasteiger charge is 2.54. The lowest BCUT2D eigenvalue weighted by molar-refractivity contribution is -0.150. The summed E-state index contributed by atoms with van der Waals surface area (Å²) in [7, 11) is 0. The first-order valence-electron chi connectivity index (χ1n) is 8.88. The number of β-lactam (4-membered cyclic amide) rings is 1. The number of fused-ring (bicyclic) bond motifs is 1. The van der Waals surface area contributed by atoms with Crippen LogP contribution in [0.1, 0.15) is 19.7 Å². The van der Waals surface area contributed by atoms with Gasteiger partial charge in [0.05, 0.1) is 0 Å². The first-order valence-corrected chi connectivity index (χ1v) is 10.7. The van der Waals surface area contributed by atoms with Crippen molar-refractivity contribution in [3.05, 3.63) is 17.1 Å². The third-order valence-corrected chi connectivity index (χ3v) is 6.02. The van der Waals surface area contributed by atoms with Gasteiger partial charge in [0, 0.05) is 29.8 Å². The molecular formula is C16H18N6O7S2. The van der Waals surface area contributed by atoms with Crippen molar-refractivity contribution in [3.8, 4) is 0 Å². The largest absolute Gasteiger partial charge is 0.477 e. The highest BCUT2D eigenvalue weighted by Crippen LogP contribution is 2.40. The molecule has 0 aromatic carbocycles. The monoisotopic (exact) mass is 470 g/mol. The van der Waals surface area contributed by atoms with E-state index in [4.69, 9.17) is 15.3 Å². The number of nitrogen functional groups attached to an aromatic ring is 1. The number of carbonyl (C=O) groups excluding carboxylic acids is 3. The summed E-state index contributed by atoms with van der Waals surface area (Å²) in [5.74, 6) is -3.13. The number of hydrogen-bond donors (Lipinski definition) is 3. The van der Waals surface area contributed by atoms with E-state index in [0.29, 0.717) is 5.57 Å². The molecule has 3 rings (SSSR count). The van der Waals surface area contributed by atoms with Crippen LogP contribution in [0.15, 0.2) is 16.4 Å². The molecule has 1 saturated heterocycles. The van der Waals surface area contributed by atoms with Gasteiger partial charge in [-0.15, -0.1) is 11.8 Å². The number of aromatic nitrogens is 2. The summed E-state index contributed by atoms with van der Waals surface area (Å²) >= 11 is 2.10. The second kappa shape index (κ2) is 9.30. The molecule has 13 nitrogen and oxygen atoms in total. The van der Waals surface area contributed by atoms with Crippen molar-refractivity contribution in [1.82, 2.24) is 19.6 Å². The van der Waals surface area contributed by atoms with Crippen LogP contribution >= 0.6 is 23.3 Å². The fourth-order valence-electron chi connectivity index (χ4n) is 2.84. The molecule has 0 spiro atoms. The van der Waals surface area contributed by atoms with E-state index < -0.39 is 35.2 Å². The topological polar surface area (TPSA) is 186 Å². The minimum absolute atomic E-state index is 0.0526. The number of esters is 1. The molecule has 3 heterocycles. The predicted octanol–water partition coefficient (Wildman–Crippen LogP) is -0.837. The lowest BCUT2D eigenvalue weighted by Gasteiger charge is -2.49. The Morgan fingerprint density at radius 2 is 2.16 bits per heavy atom. The molecule has 0 unspecified atom stereocenters. The standard InChI is InChI=1S/C16H18N6O7S2/c1-3-29-20-8(11-19-16(17)31-21-11)12(24)18-9-13(25)22-10(15(26)27)7(4-28-6(2)23)5-30-14(9)22/h9,14H,3-5H2,1-2H3,(H,18,24)(H,26,27)(H2,17,19,21)/t9-,14+/m1/s1. The molecule has 31 heavy (non-hydrogen) atoms. The van der Waals surface area contributed by atoms with E-state index in [1.165, 1.54) is 18.7 Å². The number of carboxylic acid groups (broad SMARTS) is 1. The maximum absolute atomic E-state index is 12.7. The quantitative estimate of drug-likeness (QED) is 0.186. The summed E-state index contributed by atoms with van der Waals surface area (Å²) in [5.41, 5.74) is 5.34. The van der Waals surface area contributed by atoms with Crippen LogP contribution in [0.25, 0.3) is 0 Å². The van der Waals surface area contributed by atoms with E-state index >= 15 is 0 Å². The number of oxime groups is 1. The van der Waals surface area contributed by atoms with E-state index in [0.717, 1.165) is 16.4 Å². The van der Waals surface area contributed by atoms with E-state index in [2.05, 4.69) is 19.8 Å². The number of thioether (sulfide) groups is 1. The zero-order chi connectivity index (χ0) is 22.7. The van der Waals surface area contributed by atoms with E-state index in [1.807, 2.05) is 0 Å². The van der Waals surface area contributed by atoms with Crippen LogP contribution in [0.2, 0.25) is 0 Å². The molecular weight excluding hydrogens is 452 g/mol. The van der Waals surface area contributed by atoms with Gasteiger partial charge in [0.25, 0.3) is 11.8 Å². The fourth-order valence-corrected chi connectivity index (χ4v) is 4.60. The van der Waals surface area contributed by atoms with Crippen LogP contribution in [0.3, 0.4) is 0 Å². The third kappa shape index (κ3) is 4.61. The number of hydrogen-bond acceptors (Lipinski definition) is 12. The molecule has 1 aromatic heterocycles. The summed E-state index contributed by atoms with van der Waals surface area (Å²) in [6, 6.07) is -0.995. The summed E-state index contributed by atoms with van der Waals surface area (Å²) in [5, 5.41) is 15.3. The Morgan fingerprint density at radius 1 is 1.42 bits per heavy atom. The molecule has 166 valence electrons. The number of nitrogens with one attached hydrogen (secondary N) is 1. The van der Waals surface area contributed by atoms with Gasteiger partial charge >= 0.3 is 11.9 Å². The zero-order valence-corrected chi connectivity index (χ0v) is 18.0. The Hall–Kier alpha value is -3.20. The van der Waals surface area contributed by atoms with E-state index in [1.54, 1.807) is 6.92 Å². The molecule has 2 aliphatic heterocycles. The Morgan fingerprint density at radius 3 is 2.74 bits per heavy atom. The molecule has 0 bridgehead atoms. The van der Waals surface area contributed by atoms with Crippen LogP contribution in [0.5, 0.6) is 0 Å². The zero-order valence-electron chi connectivity index (χ0n) is 16.4. The lowest BCUT2D eigenvalue weighted by Crippen LogP contribution is -2.71. The fraction of sp³-hybridized carbons (Fsp3) is 0.438. The summed E-state index contributed by atoms with van der Waals surface area (Å²) in [6.45, 7) is 2.82. The average molecular weight is 470 g/mol. The Balaban J connectivity index is 1.78. The second-order valence-corrected chi connectivity index (χ2v) is 8.10. The average Bonchev–Trinajstić information content (AvgIpc) is 3.15. The molecule has 2 atom stereocenters. The maximum Gasteiger partial charge on any atom is 0.352 e. The normalized spacial score (nSPS) is 20.6. The molecule has 0 radical (unpaired) electrons. The van der Waals surface area contributed by atoms with Gasteiger partial charge in [-0.1, -0.05) is 5.16 Å². The van der Waals surface area contributed by atoms with Crippen molar-refractivity contribution < 1.29 is 33.9 Å². The van der Waals surface area contributed by atoms with Crippen molar-refractivity contribution in [2.45, 2.75) is 25.3 Å². The first kappa shape index (κ1) is 22.5. The predicted molar refractivity (Wildman–Crippen MR) is 109 cm³/mol. The minimum Gasteiger partial charge on any atom is -0.477 e. The Kier molecular flexibility index (Phi) is 6.74. The van der Waals surface area contributed by atoms with Crippen molar-refractivity contribution in [3.63, 3.8) is 0 Å². The molecule has 1 fully saturated rings. The third-order valence-electron chi connectivity index (χ3n) is 4.14. The van der Waals surface area contributed by atoms with Crippen LogP contribution in [0.4, 0.5) is 5.13 Å². The van der Waals surface area contributed by atoms with E-state index in [9.17, 15) is 24.3 Å². The van der Waals surface area contributed by atoms with Gasteiger partial charge < -0.3 is 25.7 Å². The first-order chi connectivity index (χ1) is 14.7. The number of nitrogens with zero attached hydrogens (tertiary/aromatic N) is 4. The van der Waals surface area contributed by atoms with Gasteiger partial charge in [-0.3, -0.25) is 19.3 Å². The molecule has 4 N–H and O–H groups in total. The van der Waals surface area contributed by atoms with Crippen molar-refractivity contribution in [2.75, 3.05) is 24.7 Å². The number of rotatable bonds is 8. The molecule has 15 heteroatoms. The number of aliphatic carboxylic acids is 1. The Labute approximate surface area is 183 Å².